The molecule has 0 aromatic carbocycles. The van der Waals surface area contributed by atoms with Crippen LogP contribution < -0.4 is 10.2 Å². The minimum atomic E-state index is -0.286. The summed E-state index contributed by atoms with van der Waals surface area (Å²) in [6.07, 6.45) is 2.46. The van der Waals surface area contributed by atoms with Gasteiger partial charge in [-0.3, -0.25) is 0 Å². The summed E-state index contributed by atoms with van der Waals surface area (Å²) in [6, 6.07) is 2.23. The van der Waals surface area contributed by atoms with E-state index in [1.54, 1.807) is 0 Å². The quantitative estimate of drug-likeness (QED) is 0.614. The van der Waals surface area contributed by atoms with Crippen LogP contribution in [0.15, 0.2) is 11.2 Å². The van der Waals surface area contributed by atoms with Crippen molar-refractivity contribution in [3.05, 3.63) is 6.07 Å². The van der Waals surface area contributed by atoms with Gasteiger partial charge in [-0.05, 0) is 26.8 Å². The Kier molecular flexibility index (Phi) is 5.06. The fourth-order valence-electron chi connectivity index (χ4n) is 2.55. The number of hydrogen-bond donors (Lipinski definition) is 2. The molecule has 1 aromatic heterocycles. The molecule has 0 saturated carbocycles. The van der Waals surface area contributed by atoms with Crippen molar-refractivity contribution in [1.82, 2.24) is 14.9 Å². The number of hydrogen-bond acceptors (Lipinski definition) is 7. The van der Waals surface area contributed by atoms with Gasteiger partial charge in [0.25, 0.3) is 0 Å². The van der Waals surface area contributed by atoms with Crippen LogP contribution in [0.4, 0.5) is 11.6 Å². The molecule has 0 aliphatic carbocycles. The van der Waals surface area contributed by atoms with E-state index in [0.717, 1.165) is 29.8 Å². The highest BCUT2D eigenvalue weighted by Gasteiger charge is 2.32. The van der Waals surface area contributed by atoms with Gasteiger partial charge in [0.2, 0.25) is 0 Å². The van der Waals surface area contributed by atoms with Crippen LogP contribution in [0.3, 0.4) is 0 Å². The van der Waals surface area contributed by atoms with E-state index in [1.807, 2.05) is 19.4 Å². The average molecular weight is 297 g/mol. The number of nitrogens with one attached hydrogen (secondary N) is 1. The van der Waals surface area contributed by atoms with E-state index < -0.39 is 0 Å². The molecule has 2 unspecified atom stereocenters. The van der Waals surface area contributed by atoms with Gasteiger partial charge in [0.1, 0.15) is 11.6 Å². The summed E-state index contributed by atoms with van der Waals surface area (Å²) in [5.41, 5.74) is 0. The Balaban J connectivity index is 2.28. The van der Waals surface area contributed by atoms with Crippen LogP contribution >= 0.6 is 11.8 Å². The Morgan fingerprint density at radius 3 is 2.85 bits per heavy atom. The first-order valence-electron chi connectivity index (χ1n) is 6.73. The first kappa shape index (κ1) is 15.3. The van der Waals surface area contributed by atoms with Crippen LogP contribution in [-0.2, 0) is 0 Å². The van der Waals surface area contributed by atoms with Crippen LogP contribution in [0.1, 0.15) is 6.42 Å². The van der Waals surface area contributed by atoms with Gasteiger partial charge in [-0.1, -0.05) is 11.8 Å². The summed E-state index contributed by atoms with van der Waals surface area (Å²) in [5, 5.41) is 13.8. The predicted octanol–water partition coefficient (Wildman–Crippen LogP) is 0.741. The van der Waals surface area contributed by atoms with Crippen LogP contribution in [0, 0.1) is 0 Å². The topological polar surface area (TPSA) is 64.5 Å². The van der Waals surface area contributed by atoms with Crippen LogP contribution in [0.25, 0.3) is 0 Å². The van der Waals surface area contributed by atoms with E-state index in [2.05, 4.69) is 39.2 Å². The van der Waals surface area contributed by atoms with Crippen molar-refractivity contribution in [3.63, 3.8) is 0 Å². The molecule has 7 heteroatoms. The van der Waals surface area contributed by atoms with Gasteiger partial charge >= 0.3 is 0 Å². The lowest BCUT2D eigenvalue weighted by molar-refractivity contribution is 0.191. The van der Waals surface area contributed by atoms with E-state index >= 15 is 0 Å². The Labute approximate surface area is 124 Å². The van der Waals surface area contributed by atoms with Crippen molar-refractivity contribution >= 4 is 23.4 Å². The first-order chi connectivity index (χ1) is 9.53. The molecule has 0 amide bonds. The lowest BCUT2D eigenvalue weighted by Gasteiger charge is -2.28. The number of aliphatic hydroxyl groups excluding tert-OH is 1. The molecule has 1 fully saturated rings. The first-order valence-corrected chi connectivity index (χ1v) is 7.96. The summed E-state index contributed by atoms with van der Waals surface area (Å²) < 4.78 is 0. The Morgan fingerprint density at radius 1 is 1.50 bits per heavy atom. The van der Waals surface area contributed by atoms with Crippen LogP contribution in [0.2, 0.25) is 0 Å². The smallest absolute Gasteiger partial charge is 0.191 e. The number of likely N-dealkylation sites (N-methyl/N-ethyl adjacent to an activating group) is 1. The summed E-state index contributed by atoms with van der Waals surface area (Å²) in [6.45, 7) is 1.54. The van der Waals surface area contributed by atoms with Gasteiger partial charge in [-0.25, -0.2) is 9.97 Å². The van der Waals surface area contributed by atoms with E-state index in [9.17, 15) is 5.11 Å². The Hall–Kier alpha value is -1.05. The Morgan fingerprint density at radius 2 is 2.25 bits per heavy atom. The van der Waals surface area contributed by atoms with Crippen LogP contribution in [-0.4, -0.2) is 72.6 Å². The molecule has 0 radical (unpaired) electrons. The summed E-state index contributed by atoms with van der Waals surface area (Å²) in [5.74, 6) is 1.70. The van der Waals surface area contributed by atoms with Crippen molar-refractivity contribution in [2.24, 2.45) is 0 Å². The predicted molar refractivity (Wildman–Crippen MR) is 83.7 cm³/mol. The normalized spacial score (nSPS) is 22.6. The summed E-state index contributed by atoms with van der Waals surface area (Å²) >= 11 is 1.53. The van der Waals surface area contributed by atoms with E-state index in [0.29, 0.717) is 6.54 Å². The number of β-amino-alcohol motifs (C(OH)–C–C–N with tert-alkyl or cyclic N) is 1. The fourth-order valence-corrected chi connectivity index (χ4v) is 2.92. The van der Waals surface area contributed by atoms with Gasteiger partial charge in [0, 0.05) is 32.2 Å². The molecule has 2 N–H and O–H groups in total. The van der Waals surface area contributed by atoms with Crippen molar-refractivity contribution in [2.45, 2.75) is 23.7 Å². The maximum atomic E-state index is 9.97. The summed E-state index contributed by atoms with van der Waals surface area (Å²) in [4.78, 5) is 13.3. The van der Waals surface area contributed by atoms with E-state index in [-0.39, 0.29) is 12.1 Å². The van der Waals surface area contributed by atoms with Crippen molar-refractivity contribution in [1.29, 1.82) is 0 Å². The molecule has 2 atom stereocenters. The zero-order valence-corrected chi connectivity index (χ0v) is 13.3. The molecule has 1 saturated heterocycles. The van der Waals surface area contributed by atoms with Gasteiger partial charge in [0.05, 0.1) is 6.10 Å². The van der Waals surface area contributed by atoms with Crippen molar-refractivity contribution < 1.29 is 5.11 Å². The molecule has 0 spiro atoms. The van der Waals surface area contributed by atoms with Crippen molar-refractivity contribution in [3.8, 4) is 0 Å². The number of anilines is 2. The highest BCUT2D eigenvalue weighted by Crippen LogP contribution is 2.27. The number of rotatable bonds is 5. The van der Waals surface area contributed by atoms with Crippen LogP contribution in [0.5, 0.6) is 0 Å². The molecule has 1 aliphatic rings. The lowest BCUT2D eigenvalue weighted by Crippen LogP contribution is -2.38. The minimum absolute atomic E-state index is 0.286. The van der Waals surface area contributed by atoms with Gasteiger partial charge in [-0.15, -0.1) is 0 Å². The second-order valence-corrected chi connectivity index (χ2v) is 6.08. The third kappa shape index (κ3) is 3.53. The monoisotopic (exact) mass is 297 g/mol. The number of aromatic nitrogens is 2. The number of aliphatic hydroxyl groups is 1. The third-order valence-electron chi connectivity index (χ3n) is 3.39. The molecule has 112 valence electrons. The second kappa shape index (κ2) is 6.60. The standard InChI is InChI=1S/C13H23N5OS/c1-14-11-6-12(16-13(15-11)20-4)18-8-10(19)5-9(18)7-17(2)3/h6,9-10,19H,5,7-8H2,1-4H3,(H,14,15,16). The molecule has 1 aliphatic heterocycles. The van der Waals surface area contributed by atoms with E-state index in [4.69, 9.17) is 0 Å². The SMILES string of the molecule is CNc1cc(N2CC(O)CC2CN(C)C)nc(SC)n1. The highest BCUT2D eigenvalue weighted by atomic mass is 32.2. The second-order valence-electron chi connectivity index (χ2n) is 5.31. The molecule has 0 bridgehead atoms. The van der Waals surface area contributed by atoms with E-state index in [1.165, 1.54) is 11.8 Å². The number of thioether (sulfide) groups is 1. The molecular weight excluding hydrogens is 274 g/mol. The Bertz CT molecular complexity index is 434. The maximum absolute atomic E-state index is 9.97. The number of nitrogens with zero attached hydrogens (tertiary/aromatic N) is 4. The highest BCUT2D eigenvalue weighted by molar-refractivity contribution is 7.98. The summed E-state index contributed by atoms with van der Waals surface area (Å²) in [7, 11) is 5.96. The third-order valence-corrected chi connectivity index (χ3v) is 3.94. The lowest BCUT2D eigenvalue weighted by atomic mass is 10.2. The largest absolute Gasteiger partial charge is 0.391 e. The molecule has 6 nitrogen and oxygen atoms in total. The average Bonchev–Trinajstić information content (AvgIpc) is 2.78. The molecule has 2 heterocycles. The van der Waals surface area contributed by atoms with Crippen molar-refractivity contribution in [2.75, 3.05) is 50.7 Å². The zero-order valence-electron chi connectivity index (χ0n) is 12.5. The zero-order chi connectivity index (χ0) is 14.7. The molecule has 1 aromatic rings. The molecule has 2 rings (SSSR count). The van der Waals surface area contributed by atoms with Gasteiger partial charge in [-0.2, -0.15) is 0 Å². The minimum Gasteiger partial charge on any atom is -0.391 e. The van der Waals surface area contributed by atoms with Gasteiger partial charge in [0.15, 0.2) is 5.16 Å². The fraction of sp³-hybridized carbons (Fsp3) is 0.692. The molecule has 20 heavy (non-hydrogen) atoms. The van der Waals surface area contributed by atoms with Gasteiger partial charge < -0.3 is 20.2 Å². The molecular formula is C13H23N5OS. The maximum Gasteiger partial charge on any atom is 0.191 e.